The van der Waals surface area contributed by atoms with Gasteiger partial charge in [-0.1, -0.05) is 0 Å². The Hall–Kier alpha value is -1.62. The number of hydrogen-bond acceptors (Lipinski definition) is 3. The minimum Gasteiger partial charge on any atom is -0.326 e. The van der Waals surface area contributed by atoms with Crippen molar-refractivity contribution in [1.82, 2.24) is 19.6 Å². The standard InChI is InChI=1S/C10H15N5/c1-8-9(5-11)6-12-15(8)7-10-3-4-14(2)13-10/h3-4,6H,5,7,11H2,1-2H3. The van der Waals surface area contributed by atoms with E-state index in [1.807, 2.05) is 37.1 Å². The zero-order chi connectivity index (χ0) is 10.8. The molecule has 0 amide bonds. The van der Waals surface area contributed by atoms with E-state index < -0.39 is 0 Å². The third kappa shape index (κ3) is 1.92. The molecule has 5 heteroatoms. The van der Waals surface area contributed by atoms with E-state index >= 15 is 0 Å². The quantitative estimate of drug-likeness (QED) is 0.790. The highest BCUT2D eigenvalue weighted by Crippen LogP contribution is 2.08. The van der Waals surface area contributed by atoms with Crippen LogP contribution in [0.4, 0.5) is 0 Å². The summed E-state index contributed by atoms with van der Waals surface area (Å²) in [6.07, 6.45) is 3.75. The van der Waals surface area contributed by atoms with Gasteiger partial charge in [0.15, 0.2) is 0 Å². The average Bonchev–Trinajstić information content (AvgIpc) is 2.76. The van der Waals surface area contributed by atoms with Crippen molar-refractivity contribution >= 4 is 0 Å². The molecule has 0 saturated heterocycles. The van der Waals surface area contributed by atoms with Crippen molar-refractivity contribution in [3.8, 4) is 0 Å². The van der Waals surface area contributed by atoms with Crippen LogP contribution in [0.5, 0.6) is 0 Å². The van der Waals surface area contributed by atoms with Crippen molar-refractivity contribution in [3.05, 3.63) is 35.4 Å². The van der Waals surface area contributed by atoms with E-state index in [0.29, 0.717) is 13.1 Å². The topological polar surface area (TPSA) is 61.7 Å². The Labute approximate surface area is 88.5 Å². The normalized spacial score (nSPS) is 10.9. The van der Waals surface area contributed by atoms with Crippen molar-refractivity contribution < 1.29 is 0 Å². The lowest BCUT2D eigenvalue weighted by Crippen LogP contribution is -2.06. The molecule has 0 unspecified atom stereocenters. The summed E-state index contributed by atoms with van der Waals surface area (Å²) in [5, 5.41) is 8.59. The minimum absolute atomic E-state index is 0.536. The lowest BCUT2D eigenvalue weighted by Gasteiger charge is -2.02. The number of hydrogen-bond donors (Lipinski definition) is 1. The van der Waals surface area contributed by atoms with Crippen LogP contribution in [0.1, 0.15) is 17.0 Å². The molecule has 0 aliphatic rings. The summed E-state index contributed by atoms with van der Waals surface area (Å²) in [4.78, 5) is 0. The van der Waals surface area contributed by atoms with Gasteiger partial charge in [0.25, 0.3) is 0 Å². The van der Waals surface area contributed by atoms with Crippen molar-refractivity contribution in [2.45, 2.75) is 20.0 Å². The van der Waals surface area contributed by atoms with Crippen molar-refractivity contribution in [2.75, 3.05) is 0 Å². The van der Waals surface area contributed by atoms with E-state index in [9.17, 15) is 0 Å². The Morgan fingerprint density at radius 3 is 2.80 bits per heavy atom. The van der Waals surface area contributed by atoms with Crippen LogP contribution in [0.25, 0.3) is 0 Å². The van der Waals surface area contributed by atoms with E-state index in [-0.39, 0.29) is 0 Å². The number of aryl methyl sites for hydroxylation is 1. The smallest absolute Gasteiger partial charge is 0.0852 e. The van der Waals surface area contributed by atoms with Gasteiger partial charge in [0, 0.05) is 31.0 Å². The van der Waals surface area contributed by atoms with Crippen LogP contribution in [0.15, 0.2) is 18.5 Å². The van der Waals surface area contributed by atoms with E-state index in [1.165, 1.54) is 0 Å². The molecule has 0 atom stereocenters. The second-order valence-electron chi connectivity index (χ2n) is 3.60. The van der Waals surface area contributed by atoms with Crippen LogP contribution >= 0.6 is 0 Å². The monoisotopic (exact) mass is 205 g/mol. The molecule has 0 fully saturated rings. The Morgan fingerprint density at radius 1 is 1.47 bits per heavy atom. The van der Waals surface area contributed by atoms with Gasteiger partial charge in [-0.15, -0.1) is 0 Å². The van der Waals surface area contributed by atoms with Crippen LogP contribution in [-0.4, -0.2) is 19.6 Å². The van der Waals surface area contributed by atoms with Gasteiger partial charge in [0.1, 0.15) is 0 Å². The molecule has 0 spiro atoms. The summed E-state index contributed by atoms with van der Waals surface area (Å²) in [5.74, 6) is 0. The van der Waals surface area contributed by atoms with Gasteiger partial charge in [0.05, 0.1) is 18.4 Å². The molecule has 0 saturated carbocycles. The molecule has 15 heavy (non-hydrogen) atoms. The van der Waals surface area contributed by atoms with Gasteiger partial charge in [0.2, 0.25) is 0 Å². The van der Waals surface area contributed by atoms with Gasteiger partial charge in [-0.3, -0.25) is 9.36 Å². The predicted molar refractivity (Wildman–Crippen MR) is 57.2 cm³/mol. The van der Waals surface area contributed by atoms with Crippen molar-refractivity contribution in [1.29, 1.82) is 0 Å². The maximum atomic E-state index is 5.59. The largest absolute Gasteiger partial charge is 0.326 e. The van der Waals surface area contributed by atoms with Gasteiger partial charge in [-0.25, -0.2) is 0 Å². The molecule has 0 aliphatic carbocycles. The maximum absolute atomic E-state index is 5.59. The summed E-state index contributed by atoms with van der Waals surface area (Å²) in [5.41, 5.74) is 8.80. The average molecular weight is 205 g/mol. The number of nitrogens with two attached hydrogens (primary N) is 1. The molecule has 2 aromatic heterocycles. The highest BCUT2D eigenvalue weighted by molar-refractivity contribution is 5.16. The number of rotatable bonds is 3. The van der Waals surface area contributed by atoms with Crippen LogP contribution in [0.3, 0.4) is 0 Å². The number of nitrogens with zero attached hydrogens (tertiary/aromatic N) is 4. The molecule has 0 bridgehead atoms. The fraction of sp³-hybridized carbons (Fsp3) is 0.400. The second-order valence-corrected chi connectivity index (χ2v) is 3.60. The molecule has 0 aromatic carbocycles. The predicted octanol–water partition coefficient (Wildman–Crippen LogP) is 0.432. The molecule has 5 nitrogen and oxygen atoms in total. The van der Waals surface area contributed by atoms with Crippen molar-refractivity contribution in [2.24, 2.45) is 12.8 Å². The highest BCUT2D eigenvalue weighted by atomic mass is 15.3. The van der Waals surface area contributed by atoms with E-state index in [1.54, 1.807) is 4.68 Å². The zero-order valence-corrected chi connectivity index (χ0v) is 9.01. The van der Waals surface area contributed by atoms with E-state index in [2.05, 4.69) is 10.2 Å². The highest BCUT2D eigenvalue weighted by Gasteiger charge is 2.06. The molecular weight excluding hydrogens is 190 g/mol. The van der Waals surface area contributed by atoms with Gasteiger partial charge in [-0.2, -0.15) is 10.2 Å². The molecule has 2 rings (SSSR count). The number of aromatic nitrogens is 4. The maximum Gasteiger partial charge on any atom is 0.0852 e. The van der Waals surface area contributed by atoms with Crippen LogP contribution < -0.4 is 5.73 Å². The Morgan fingerprint density at radius 2 is 2.27 bits per heavy atom. The fourth-order valence-corrected chi connectivity index (χ4v) is 1.55. The van der Waals surface area contributed by atoms with Crippen LogP contribution in [0.2, 0.25) is 0 Å². The summed E-state index contributed by atoms with van der Waals surface area (Å²) in [6.45, 7) is 3.26. The first-order chi connectivity index (χ1) is 7.20. The van der Waals surface area contributed by atoms with Gasteiger partial charge >= 0.3 is 0 Å². The van der Waals surface area contributed by atoms with Gasteiger partial charge < -0.3 is 5.73 Å². The minimum atomic E-state index is 0.536. The van der Waals surface area contributed by atoms with E-state index in [4.69, 9.17) is 5.73 Å². The molecule has 80 valence electrons. The third-order valence-electron chi connectivity index (χ3n) is 2.51. The Kier molecular flexibility index (Phi) is 2.55. The van der Waals surface area contributed by atoms with E-state index in [0.717, 1.165) is 17.0 Å². The molecule has 0 aliphatic heterocycles. The molecule has 2 aromatic rings. The summed E-state index contributed by atoms with van der Waals surface area (Å²) < 4.78 is 3.71. The summed E-state index contributed by atoms with van der Waals surface area (Å²) >= 11 is 0. The molecule has 0 radical (unpaired) electrons. The SMILES string of the molecule is Cc1c(CN)cnn1Cc1ccn(C)n1. The third-order valence-corrected chi connectivity index (χ3v) is 2.51. The Bertz CT molecular complexity index is 454. The summed E-state index contributed by atoms with van der Waals surface area (Å²) in [7, 11) is 1.91. The second kappa shape index (κ2) is 3.86. The van der Waals surface area contributed by atoms with Gasteiger partial charge in [-0.05, 0) is 13.0 Å². The van der Waals surface area contributed by atoms with Crippen LogP contribution in [0, 0.1) is 6.92 Å². The first kappa shape index (κ1) is 9.92. The first-order valence-corrected chi connectivity index (χ1v) is 4.90. The molecule has 2 heterocycles. The molecular formula is C10H15N5. The zero-order valence-electron chi connectivity index (χ0n) is 9.01. The Balaban J connectivity index is 2.21. The lowest BCUT2D eigenvalue weighted by atomic mass is 10.2. The van der Waals surface area contributed by atoms with Crippen LogP contribution in [-0.2, 0) is 20.1 Å². The summed E-state index contributed by atoms with van der Waals surface area (Å²) in [6, 6.07) is 1.99. The first-order valence-electron chi connectivity index (χ1n) is 4.90. The van der Waals surface area contributed by atoms with Crippen molar-refractivity contribution in [3.63, 3.8) is 0 Å². The lowest BCUT2D eigenvalue weighted by molar-refractivity contribution is 0.633. The fourth-order valence-electron chi connectivity index (χ4n) is 1.55. The molecule has 2 N–H and O–H groups in total.